The fraction of sp³-hybridized carbons (Fsp3) is 0.200. The van der Waals surface area contributed by atoms with Gasteiger partial charge in [-0.05, 0) is 42.3 Å². The maximum atomic E-state index is 6.26. The third-order valence-electron chi connectivity index (χ3n) is 3.01. The molecule has 0 saturated heterocycles. The Hall–Kier alpha value is -0.600. The van der Waals surface area contributed by atoms with Crippen LogP contribution >= 0.6 is 46.4 Å². The molecule has 1 nitrogen and oxygen atoms in total. The predicted octanol–water partition coefficient (Wildman–Crippen LogP) is 6.86. The quantitative estimate of drug-likeness (QED) is 0.636. The highest BCUT2D eigenvalue weighted by atomic mass is 35.5. The molecule has 0 amide bonds. The lowest BCUT2D eigenvalue weighted by Crippen LogP contribution is -2.10. The zero-order valence-electron chi connectivity index (χ0n) is 10.8. The van der Waals surface area contributed by atoms with E-state index in [0.717, 1.165) is 17.7 Å². The Morgan fingerprint density at radius 2 is 1.50 bits per heavy atom. The number of benzene rings is 2. The SMILES string of the molecule is CCC(Nc1ccc(Cl)cc1Cl)c1ccc(Cl)cc1Cl. The monoisotopic (exact) mass is 347 g/mol. The molecule has 1 N–H and O–H groups in total. The van der Waals surface area contributed by atoms with Gasteiger partial charge in [0.1, 0.15) is 0 Å². The molecule has 0 aliphatic rings. The van der Waals surface area contributed by atoms with Gasteiger partial charge in [0.05, 0.1) is 16.8 Å². The van der Waals surface area contributed by atoms with Crippen LogP contribution in [0.15, 0.2) is 36.4 Å². The van der Waals surface area contributed by atoms with Crippen molar-refractivity contribution >= 4 is 52.1 Å². The Morgan fingerprint density at radius 3 is 2.05 bits per heavy atom. The van der Waals surface area contributed by atoms with Crippen LogP contribution in [0.3, 0.4) is 0 Å². The van der Waals surface area contributed by atoms with E-state index in [0.29, 0.717) is 20.1 Å². The molecule has 0 aliphatic heterocycles. The van der Waals surface area contributed by atoms with Gasteiger partial charge in [0, 0.05) is 15.1 Å². The van der Waals surface area contributed by atoms with E-state index in [9.17, 15) is 0 Å². The molecule has 0 radical (unpaired) electrons. The van der Waals surface area contributed by atoms with Gasteiger partial charge in [-0.25, -0.2) is 0 Å². The summed E-state index contributed by atoms with van der Waals surface area (Å²) in [6.07, 6.45) is 0.861. The number of hydrogen-bond donors (Lipinski definition) is 1. The first-order chi connectivity index (χ1) is 9.51. The van der Waals surface area contributed by atoms with Gasteiger partial charge in [0.15, 0.2) is 0 Å². The molecule has 1 atom stereocenters. The Morgan fingerprint density at radius 1 is 0.900 bits per heavy atom. The number of halogens is 4. The minimum atomic E-state index is 0.0541. The smallest absolute Gasteiger partial charge is 0.0652 e. The molecule has 0 fully saturated rings. The maximum Gasteiger partial charge on any atom is 0.0652 e. The number of anilines is 1. The Labute approximate surface area is 138 Å². The van der Waals surface area contributed by atoms with E-state index < -0.39 is 0 Å². The largest absolute Gasteiger partial charge is 0.377 e. The molecule has 0 heterocycles. The first-order valence-corrected chi connectivity index (χ1v) is 7.69. The lowest BCUT2D eigenvalue weighted by molar-refractivity contribution is 0.750. The standard InChI is InChI=1S/C15H13Cl4N/c1-2-14(11-5-3-9(16)7-12(11)18)20-15-6-4-10(17)8-13(15)19/h3-8,14,20H,2H2,1H3. The summed E-state index contributed by atoms with van der Waals surface area (Å²) >= 11 is 24.3. The summed E-state index contributed by atoms with van der Waals surface area (Å²) in [7, 11) is 0. The van der Waals surface area contributed by atoms with Gasteiger partial charge in [-0.15, -0.1) is 0 Å². The molecule has 106 valence electrons. The van der Waals surface area contributed by atoms with E-state index >= 15 is 0 Å². The van der Waals surface area contributed by atoms with Crippen LogP contribution in [0, 0.1) is 0 Å². The van der Waals surface area contributed by atoms with Crippen molar-refractivity contribution in [3.8, 4) is 0 Å². The van der Waals surface area contributed by atoms with E-state index in [-0.39, 0.29) is 6.04 Å². The van der Waals surface area contributed by atoms with Crippen molar-refractivity contribution in [2.24, 2.45) is 0 Å². The Kier molecular flexibility index (Phi) is 5.45. The van der Waals surface area contributed by atoms with Crippen molar-refractivity contribution in [1.29, 1.82) is 0 Å². The van der Waals surface area contributed by atoms with Crippen LogP contribution < -0.4 is 5.32 Å². The zero-order valence-corrected chi connectivity index (χ0v) is 13.8. The second-order valence-corrected chi connectivity index (χ2v) is 6.08. The highest BCUT2D eigenvalue weighted by Gasteiger charge is 2.14. The van der Waals surface area contributed by atoms with Gasteiger partial charge in [-0.2, -0.15) is 0 Å². The highest BCUT2D eigenvalue weighted by molar-refractivity contribution is 6.36. The average Bonchev–Trinajstić information content (AvgIpc) is 2.39. The summed E-state index contributed by atoms with van der Waals surface area (Å²) in [5.74, 6) is 0. The van der Waals surface area contributed by atoms with Gasteiger partial charge in [0.25, 0.3) is 0 Å². The van der Waals surface area contributed by atoms with Crippen molar-refractivity contribution in [2.45, 2.75) is 19.4 Å². The normalized spacial score (nSPS) is 12.2. The minimum absolute atomic E-state index is 0.0541. The third kappa shape index (κ3) is 3.73. The molecular formula is C15H13Cl4N. The number of hydrogen-bond acceptors (Lipinski definition) is 1. The first-order valence-electron chi connectivity index (χ1n) is 6.17. The molecule has 0 saturated carbocycles. The minimum Gasteiger partial charge on any atom is -0.377 e. The molecule has 0 aromatic heterocycles. The van der Waals surface area contributed by atoms with Gasteiger partial charge >= 0.3 is 0 Å². The van der Waals surface area contributed by atoms with Crippen molar-refractivity contribution in [2.75, 3.05) is 5.32 Å². The van der Waals surface area contributed by atoms with Crippen LogP contribution in [-0.4, -0.2) is 0 Å². The van der Waals surface area contributed by atoms with Gasteiger partial charge in [-0.3, -0.25) is 0 Å². The fourth-order valence-electron chi connectivity index (χ4n) is 1.98. The lowest BCUT2D eigenvalue weighted by atomic mass is 10.0. The van der Waals surface area contributed by atoms with Crippen LogP contribution in [0.4, 0.5) is 5.69 Å². The molecular weight excluding hydrogens is 336 g/mol. The van der Waals surface area contributed by atoms with Crippen LogP contribution in [0.25, 0.3) is 0 Å². The highest BCUT2D eigenvalue weighted by Crippen LogP contribution is 2.33. The van der Waals surface area contributed by atoms with Gasteiger partial charge in [-0.1, -0.05) is 59.4 Å². The number of nitrogens with one attached hydrogen (secondary N) is 1. The third-order valence-corrected chi connectivity index (χ3v) is 4.12. The molecule has 5 heteroatoms. The van der Waals surface area contributed by atoms with E-state index in [1.807, 2.05) is 18.2 Å². The molecule has 2 aromatic carbocycles. The van der Waals surface area contributed by atoms with Crippen molar-refractivity contribution < 1.29 is 0 Å². The van der Waals surface area contributed by atoms with Gasteiger partial charge < -0.3 is 5.32 Å². The summed E-state index contributed by atoms with van der Waals surface area (Å²) < 4.78 is 0. The van der Waals surface area contributed by atoms with Crippen LogP contribution in [0.5, 0.6) is 0 Å². The van der Waals surface area contributed by atoms with E-state index in [1.54, 1.807) is 18.2 Å². The van der Waals surface area contributed by atoms with E-state index in [4.69, 9.17) is 46.4 Å². The van der Waals surface area contributed by atoms with Crippen molar-refractivity contribution in [1.82, 2.24) is 0 Å². The molecule has 0 bridgehead atoms. The van der Waals surface area contributed by atoms with E-state index in [1.165, 1.54) is 0 Å². The van der Waals surface area contributed by atoms with E-state index in [2.05, 4.69) is 12.2 Å². The predicted molar refractivity (Wildman–Crippen MR) is 89.6 cm³/mol. The summed E-state index contributed by atoms with van der Waals surface area (Å²) in [5.41, 5.74) is 1.82. The van der Waals surface area contributed by atoms with Crippen molar-refractivity contribution in [3.63, 3.8) is 0 Å². The van der Waals surface area contributed by atoms with Crippen LogP contribution in [0.2, 0.25) is 20.1 Å². The lowest BCUT2D eigenvalue weighted by Gasteiger charge is -2.21. The number of rotatable bonds is 4. The van der Waals surface area contributed by atoms with Crippen LogP contribution in [0.1, 0.15) is 24.9 Å². The summed E-state index contributed by atoms with van der Waals surface area (Å²) in [6, 6.07) is 10.9. The Bertz CT molecular complexity index is 613. The summed E-state index contributed by atoms with van der Waals surface area (Å²) in [6.45, 7) is 2.08. The first kappa shape index (κ1) is 15.8. The fourth-order valence-corrected chi connectivity index (χ4v) is 2.98. The molecule has 0 aliphatic carbocycles. The molecule has 2 rings (SSSR count). The van der Waals surface area contributed by atoms with Crippen LogP contribution in [-0.2, 0) is 0 Å². The second kappa shape index (κ2) is 6.91. The zero-order chi connectivity index (χ0) is 14.7. The molecule has 1 unspecified atom stereocenters. The Balaban J connectivity index is 2.28. The molecule has 2 aromatic rings. The molecule has 0 spiro atoms. The van der Waals surface area contributed by atoms with Gasteiger partial charge in [0.2, 0.25) is 0 Å². The topological polar surface area (TPSA) is 12.0 Å². The summed E-state index contributed by atoms with van der Waals surface area (Å²) in [5, 5.41) is 5.84. The average molecular weight is 349 g/mol. The maximum absolute atomic E-state index is 6.26. The second-order valence-electron chi connectivity index (χ2n) is 4.40. The molecule has 20 heavy (non-hydrogen) atoms. The summed E-state index contributed by atoms with van der Waals surface area (Å²) in [4.78, 5) is 0. The van der Waals surface area contributed by atoms with Crippen molar-refractivity contribution in [3.05, 3.63) is 62.1 Å².